The van der Waals surface area contributed by atoms with Gasteiger partial charge in [0.2, 0.25) is 5.91 Å². The first-order valence-electron chi connectivity index (χ1n) is 5.10. The lowest BCUT2D eigenvalue weighted by Crippen LogP contribution is -2.45. The molecule has 2 N–H and O–H groups in total. The summed E-state index contributed by atoms with van der Waals surface area (Å²) >= 11 is 0. The Labute approximate surface area is 89.6 Å². The van der Waals surface area contributed by atoms with Gasteiger partial charge in [0, 0.05) is 6.54 Å². The average Bonchev–Trinajstić information content (AvgIpc) is 2.47. The molecule has 0 radical (unpaired) electrons. The molecule has 1 heterocycles. The Kier molecular flexibility index (Phi) is 3.21. The quantitative estimate of drug-likeness (QED) is 0.704. The van der Waals surface area contributed by atoms with E-state index in [1.54, 1.807) is 20.8 Å². The van der Waals surface area contributed by atoms with Gasteiger partial charge in [0.25, 0.3) is 0 Å². The molecule has 1 fully saturated rings. The van der Waals surface area contributed by atoms with Crippen LogP contribution in [0.2, 0.25) is 0 Å². The van der Waals surface area contributed by atoms with Crippen molar-refractivity contribution >= 4 is 12.0 Å². The van der Waals surface area contributed by atoms with E-state index in [1.165, 1.54) is 4.90 Å². The Morgan fingerprint density at radius 3 is 2.47 bits per heavy atom. The molecule has 0 saturated carbocycles. The van der Waals surface area contributed by atoms with E-state index in [0.717, 1.165) is 6.42 Å². The number of likely N-dealkylation sites (tertiary alicyclic amines) is 1. The van der Waals surface area contributed by atoms with Crippen LogP contribution in [0.1, 0.15) is 33.6 Å². The molecule has 1 aliphatic rings. The maximum Gasteiger partial charge on any atom is 0.410 e. The predicted molar refractivity (Wildman–Crippen MR) is 55.2 cm³/mol. The highest BCUT2D eigenvalue weighted by Crippen LogP contribution is 2.20. The Morgan fingerprint density at radius 1 is 1.40 bits per heavy atom. The molecule has 0 aromatic carbocycles. The van der Waals surface area contributed by atoms with E-state index in [1.807, 2.05) is 0 Å². The number of amides is 2. The Morgan fingerprint density at radius 2 is 2.00 bits per heavy atom. The highest BCUT2D eigenvalue weighted by atomic mass is 16.6. The van der Waals surface area contributed by atoms with Gasteiger partial charge >= 0.3 is 6.09 Å². The number of nitrogens with zero attached hydrogens (tertiary/aromatic N) is 1. The largest absolute Gasteiger partial charge is 0.444 e. The molecular formula is C10H18N2O3. The highest BCUT2D eigenvalue weighted by molar-refractivity contribution is 5.84. The first-order valence-corrected chi connectivity index (χ1v) is 5.10. The van der Waals surface area contributed by atoms with Crippen LogP contribution in [0.25, 0.3) is 0 Å². The van der Waals surface area contributed by atoms with Crippen molar-refractivity contribution in [3.05, 3.63) is 0 Å². The van der Waals surface area contributed by atoms with Gasteiger partial charge in [0.15, 0.2) is 0 Å². The fourth-order valence-corrected chi connectivity index (χ4v) is 1.60. The van der Waals surface area contributed by atoms with Crippen molar-refractivity contribution in [3.8, 4) is 0 Å². The molecule has 1 atom stereocenters. The zero-order chi connectivity index (χ0) is 11.6. The fourth-order valence-electron chi connectivity index (χ4n) is 1.60. The van der Waals surface area contributed by atoms with E-state index >= 15 is 0 Å². The number of primary amides is 1. The van der Waals surface area contributed by atoms with Crippen molar-refractivity contribution in [1.82, 2.24) is 4.90 Å². The molecule has 0 aromatic rings. The van der Waals surface area contributed by atoms with Gasteiger partial charge in [-0.1, -0.05) is 0 Å². The molecule has 1 saturated heterocycles. The summed E-state index contributed by atoms with van der Waals surface area (Å²) in [5.41, 5.74) is 4.66. The summed E-state index contributed by atoms with van der Waals surface area (Å²) in [6, 6.07) is -0.500. The van der Waals surface area contributed by atoms with E-state index in [4.69, 9.17) is 10.5 Å². The number of ether oxygens (including phenoxy) is 1. The maximum atomic E-state index is 11.7. The van der Waals surface area contributed by atoms with E-state index in [0.29, 0.717) is 13.0 Å². The van der Waals surface area contributed by atoms with Gasteiger partial charge in [-0.2, -0.15) is 0 Å². The van der Waals surface area contributed by atoms with E-state index in [-0.39, 0.29) is 0 Å². The van der Waals surface area contributed by atoms with Gasteiger partial charge in [-0.05, 0) is 33.6 Å². The average molecular weight is 214 g/mol. The Balaban J connectivity index is 2.63. The third kappa shape index (κ3) is 3.11. The molecule has 1 aliphatic heterocycles. The second-order valence-corrected chi connectivity index (χ2v) is 4.73. The zero-order valence-corrected chi connectivity index (χ0v) is 9.45. The van der Waals surface area contributed by atoms with Crippen molar-refractivity contribution in [3.63, 3.8) is 0 Å². The van der Waals surface area contributed by atoms with E-state index in [2.05, 4.69) is 0 Å². The molecule has 5 heteroatoms. The molecule has 0 aliphatic carbocycles. The minimum absolute atomic E-state index is 0.455. The lowest BCUT2D eigenvalue weighted by Gasteiger charge is -2.27. The minimum Gasteiger partial charge on any atom is -0.444 e. The first kappa shape index (κ1) is 11.8. The Hall–Kier alpha value is -1.26. The SMILES string of the molecule is CC(C)(C)OC(=O)N1CCC[C@@H]1C(N)=O. The van der Waals surface area contributed by atoms with Crippen molar-refractivity contribution in [1.29, 1.82) is 0 Å². The van der Waals surface area contributed by atoms with Crippen LogP contribution in [0.4, 0.5) is 4.79 Å². The number of rotatable bonds is 1. The molecular weight excluding hydrogens is 196 g/mol. The highest BCUT2D eigenvalue weighted by Gasteiger charge is 2.35. The van der Waals surface area contributed by atoms with Crippen molar-refractivity contribution < 1.29 is 14.3 Å². The second-order valence-electron chi connectivity index (χ2n) is 4.73. The summed E-state index contributed by atoms with van der Waals surface area (Å²) < 4.78 is 5.18. The first-order chi connectivity index (χ1) is 6.81. The summed E-state index contributed by atoms with van der Waals surface area (Å²) in [4.78, 5) is 24.1. The van der Waals surface area contributed by atoms with Crippen molar-refractivity contribution in [2.75, 3.05) is 6.54 Å². The number of hydrogen-bond acceptors (Lipinski definition) is 3. The van der Waals surface area contributed by atoms with Crippen molar-refractivity contribution in [2.45, 2.75) is 45.3 Å². The molecule has 0 unspecified atom stereocenters. The summed E-state index contributed by atoms with van der Waals surface area (Å²) in [6.07, 6.45) is 0.977. The monoisotopic (exact) mass is 214 g/mol. The van der Waals surface area contributed by atoms with Crippen LogP contribution in [0, 0.1) is 0 Å². The predicted octanol–water partition coefficient (Wildman–Crippen LogP) is 0.871. The summed E-state index contributed by atoms with van der Waals surface area (Å²) in [5.74, 6) is -0.460. The molecule has 1 rings (SSSR count). The molecule has 0 bridgehead atoms. The van der Waals surface area contributed by atoms with Crippen LogP contribution in [-0.2, 0) is 9.53 Å². The maximum absolute atomic E-state index is 11.7. The van der Waals surface area contributed by atoms with Crippen LogP contribution in [0.5, 0.6) is 0 Å². The second kappa shape index (κ2) is 4.08. The molecule has 2 amide bonds. The molecule has 0 aromatic heterocycles. The molecule has 15 heavy (non-hydrogen) atoms. The summed E-state index contributed by atoms with van der Waals surface area (Å²) in [6.45, 7) is 5.92. The number of hydrogen-bond donors (Lipinski definition) is 1. The summed E-state index contributed by atoms with van der Waals surface area (Å²) in [7, 11) is 0. The van der Waals surface area contributed by atoms with Gasteiger partial charge in [0.1, 0.15) is 11.6 Å². The lowest BCUT2D eigenvalue weighted by atomic mass is 10.2. The van der Waals surface area contributed by atoms with Gasteiger partial charge in [-0.25, -0.2) is 4.79 Å². The summed E-state index contributed by atoms with van der Waals surface area (Å²) in [5, 5.41) is 0. The molecule has 5 nitrogen and oxygen atoms in total. The van der Waals surface area contributed by atoms with E-state index in [9.17, 15) is 9.59 Å². The number of carbonyl (C=O) groups is 2. The third-order valence-electron chi connectivity index (χ3n) is 2.21. The Bertz CT molecular complexity index is 270. The zero-order valence-electron chi connectivity index (χ0n) is 9.45. The van der Waals surface area contributed by atoms with Crippen LogP contribution < -0.4 is 5.73 Å². The molecule has 86 valence electrons. The lowest BCUT2D eigenvalue weighted by molar-refractivity contribution is -0.122. The number of nitrogens with two attached hydrogens (primary N) is 1. The molecule has 0 spiro atoms. The standard InChI is InChI=1S/C10H18N2O3/c1-10(2,3)15-9(14)12-6-4-5-7(12)8(11)13/h7H,4-6H2,1-3H3,(H2,11,13)/t7-/m1/s1. The van der Waals surface area contributed by atoms with Gasteiger partial charge in [-0.15, -0.1) is 0 Å². The topological polar surface area (TPSA) is 72.6 Å². The smallest absolute Gasteiger partial charge is 0.410 e. The minimum atomic E-state index is -0.540. The number of carbonyl (C=O) groups excluding carboxylic acids is 2. The van der Waals surface area contributed by atoms with Crippen molar-refractivity contribution in [2.24, 2.45) is 5.73 Å². The van der Waals surface area contributed by atoms with Gasteiger partial charge in [-0.3, -0.25) is 9.69 Å². The van der Waals surface area contributed by atoms with Gasteiger partial charge < -0.3 is 10.5 Å². The fraction of sp³-hybridized carbons (Fsp3) is 0.800. The van der Waals surface area contributed by atoms with Gasteiger partial charge in [0.05, 0.1) is 0 Å². The van der Waals surface area contributed by atoms with E-state index < -0.39 is 23.6 Å². The third-order valence-corrected chi connectivity index (χ3v) is 2.21. The van der Waals surface area contributed by atoms with Crippen LogP contribution in [-0.4, -0.2) is 35.1 Å². The van der Waals surface area contributed by atoms with Crippen LogP contribution in [0.3, 0.4) is 0 Å². The van der Waals surface area contributed by atoms with Crippen LogP contribution >= 0.6 is 0 Å². The normalized spacial score (nSPS) is 21.5. The van der Waals surface area contributed by atoms with Crippen LogP contribution in [0.15, 0.2) is 0 Å².